The Labute approximate surface area is 128 Å². The van der Waals surface area contributed by atoms with Gasteiger partial charge in [-0.05, 0) is 18.2 Å². The van der Waals surface area contributed by atoms with Crippen molar-refractivity contribution in [1.82, 2.24) is 9.97 Å². The van der Waals surface area contributed by atoms with E-state index in [1.165, 1.54) is 12.3 Å². The largest absolute Gasteiger partial charge is 0.325 e. The third kappa shape index (κ3) is 4.26. The third-order valence-corrected chi connectivity index (χ3v) is 3.82. The molecule has 5 nitrogen and oxygen atoms in total. The molecule has 0 unspecified atom stereocenters. The van der Waals surface area contributed by atoms with E-state index in [0.717, 1.165) is 11.8 Å². The van der Waals surface area contributed by atoms with Gasteiger partial charge in [0.25, 0.3) is 5.56 Å². The molecule has 1 heterocycles. The summed E-state index contributed by atoms with van der Waals surface area (Å²) in [5.41, 5.74) is 0.298. The zero-order valence-corrected chi connectivity index (χ0v) is 12.4. The van der Waals surface area contributed by atoms with Gasteiger partial charge in [-0.2, -0.15) is 0 Å². The molecule has 0 aliphatic carbocycles. The molecule has 0 saturated heterocycles. The summed E-state index contributed by atoms with van der Waals surface area (Å²) in [7, 11) is 0. The second-order valence-corrected chi connectivity index (χ2v) is 5.48. The van der Waals surface area contributed by atoms with Crippen molar-refractivity contribution in [2.24, 2.45) is 0 Å². The first-order chi connectivity index (χ1) is 9.54. The van der Waals surface area contributed by atoms with Crippen LogP contribution in [0.15, 0.2) is 40.4 Å². The number of amides is 1. The van der Waals surface area contributed by atoms with Crippen molar-refractivity contribution >= 4 is 46.6 Å². The number of anilines is 1. The number of hydrogen-bond donors (Lipinski definition) is 2. The highest BCUT2D eigenvalue weighted by molar-refractivity contribution is 7.99. The number of benzene rings is 1. The minimum atomic E-state index is -0.257. The molecule has 2 N–H and O–H groups in total. The predicted molar refractivity (Wildman–Crippen MR) is 80.7 cm³/mol. The van der Waals surface area contributed by atoms with Gasteiger partial charge in [-0.3, -0.25) is 9.59 Å². The van der Waals surface area contributed by atoms with Crippen LogP contribution in [0.25, 0.3) is 0 Å². The Hall–Kier alpha value is -1.50. The summed E-state index contributed by atoms with van der Waals surface area (Å²) in [5, 5.41) is 3.85. The fraction of sp³-hybridized carbons (Fsp3) is 0.0833. The highest BCUT2D eigenvalue weighted by Gasteiger charge is 2.06. The number of carbonyl (C=O) groups is 1. The quantitative estimate of drug-likeness (QED) is 0.668. The molecule has 1 aromatic heterocycles. The van der Waals surface area contributed by atoms with Crippen molar-refractivity contribution in [3.8, 4) is 0 Å². The van der Waals surface area contributed by atoms with Gasteiger partial charge in [0, 0.05) is 18.0 Å². The SMILES string of the molecule is O=C(CSc1nccc(=O)[nH]1)Nc1ccc(Cl)c(Cl)c1. The molecule has 0 aliphatic heterocycles. The molecule has 1 amide bonds. The minimum Gasteiger partial charge on any atom is -0.325 e. The van der Waals surface area contributed by atoms with E-state index in [1.807, 2.05) is 0 Å². The van der Waals surface area contributed by atoms with E-state index < -0.39 is 0 Å². The summed E-state index contributed by atoms with van der Waals surface area (Å²) in [5.74, 6) is -0.118. The lowest BCUT2D eigenvalue weighted by atomic mass is 10.3. The van der Waals surface area contributed by atoms with E-state index in [4.69, 9.17) is 23.2 Å². The van der Waals surface area contributed by atoms with Crippen molar-refractivity contribution in [2.75, 3.05) is 11.1 Å². The van der Waals surface area contributed by atoms with Gasteiger partial charge in [-0.1, -0.05) is 35.0 Å². The van der Waals surface area contributed by atoms with Gasteiger partial charge in [0.15, 0.2) is 5.16 Å². The van der Waals surface area contributed by atoms with Crippen LogP contribution in [0.2, 0.25) is 10.0 Å². The lowest BCUT2D eigenvalue weighted by Crippen LogP contribution is -2.15. The van der Waals surface area contributed by atoms with E-state index in [1.54, 1.807) is 18.2 Å². The molecule has 104 valence electrons. The molecule has 2 rings (SSSR count). The molecule has 20 heavy (non-hydrogen) atoms. The molecule has 0 radical (unpaired) electrons. The smallest absolute Gasteiger partial charge is 0.251 e. The van der Waals surface area contributed by atoms with Crippen LogP contribution in [-0.2, 0) is 4.79 Å². The number of carbonyl (C=O) groups excluding carboxylic acids is 1. The molecule has 2 aromatic rings. The second kappa shape index (κ2) is 6.78. The van der Waals surface area contributed by atoms with Crippen molar-refractivity contribution in [3.05, 3.63) is 50.9 Å². The highest BCUT2D eigenvalue weighted by atomic mass is 35.5. The second-order valence-electron chi connectivity index (χ2n) is 3.70. The fourth-order valence-corrected chi connectivity index (χ4v) is 2.28. The summed E-state index contributed by atoms with van der Waals surface area (Å²) in [6.45, 7) is 0. The van der Waals surface area contributed by atoms with Crippen molar-refractivity contribution in [1.29, 1.82) is 0 Å². The van der Waals surface area contributed by atoms with Crippen LogP contribution in [-0.4, -0.2) is 21.6 Å². The van der Waals surface area contributed by atoms with Crippen molar-refractivity contribution in [3.63, 3.8) is 0 Å². The average molecular weight is 330 g/mol. The first-order valence-corrected chi connectivity index (χ1v) is 7.22. The first kappa shape index (κ1) is 14.9. The van der Waals surface area contributed by atoms with Crippen LogP contribution < -0.4 is 10.9 Å². The summed E-state index contributed by atoms with van der Waals surface area (Å²) in [4.78, 5) is 29.3. The summed E-state index contributed by atoms with van der Waals surface area (Å²) >= 11 is 12.8. The maximum Gasteiger partial charge on any atom is 0.251 e. The van der Waals surface area contributed by atoms with E-state index in [2.05, 4.69) is 15.3 Å². The summed E-state index contributed by atoms with van der Waals surface area (Å²) in [6, 6.07) is 6.12. The Balaban J connectivity index is 1.92. The molecule has 0 fully saturated rings. The first-order valence-electron chi connectivity index (χ1n) is 5.47. The maximum absolute atomic E-state index is 11.7. The topological polar surface area (TPSA) is 74.8 Å². The van der Waals surface area contributed by atoms with Gasteiger partial charge >= 0.3 is 0 Å². The van der Waals surface area contributed by atoms with Gasteiger partial charge in [-0.15, -0.1) is 0 Å². The number of aromatic amines is 1. The van der Waals surface area contributed by atoms with E-state index in [9.17, 15) is 9.59 Å². The summed E-state index contributed by atoms with van der Waals surface area (Å²) < 4.78 is 0. The number of nitrogens with zero attached hydrogens (tertiary/aromatic N) is 1. The monoisotopic (exact) mass is 329 g/mol. The maximum atomic E-state index is 11.7. The molecule has 0 spiro atoms. The molecule has 0 saturated carbocycles. The van der Waals surface area contributed by atoms with E-state index in [0.29, 0.717) is 20.9 Å². The Bertz CT molecular complexity index is 690. The Kier molecular flexibility index (Phi) is 5.05. The van der Waals surface area contributed by atoms with Gasteiger partial charge in [-0.25, -0.2) is 4.98 Å². The highest BCUT2D eigenvalue weighted by Crippen LogP contribution is 2.25. The molecular weight excluding hydrogens is 321 g/mol. The lowest BCUT2D eigenvalue weighted by molar-refractivity contribution is -0.113. The Morgan fingerprint density at radius 2 is 2.10 bits per heavy atom. The van der Waals surface area contributed by atoms with E-state index in [-0.39, 0.29) is 17.2 Å². The van der Waals surface area contributed by atoms with Crippen LogP contribution in [0.5, 0.6) is 0 Å². The number of hydrogen-bond acceptors (Lipinski definition) is 4. The Morgan fingerprint density at radius 1 is 1.30 bits per heavy atom. The van der Waals surface area contributed by atoms with E-state index >= 15 is 0 Å². The fourth-order valence-electron chi connectivity index (χ4n) is 1.33. The van der Waals surface area contributed by atoms with Crippen LogP contribution in [0.1, 0.15) is 0 Å². The lowest BCUT2D eigenvalue weighted by Gasteiger charge is -2.05. The molecule has 8 heteroatoms. The van der Waals surface area contributed by atoms with Crippen LogP contribution in [0, 0.1) is 0 Å². The zero-order valence-electron chi connectivity index (χ0n) is 10.0. The molecule has 0 bridgehead atoms. The number of aromatic nitrogens is 2. The number of thioether (sulfide) groups is 1. The minimum absolute atomic E-state index is 0.118. The van der Waals surface area contributed by atoms with Gasteiger partial charge in [0.1, 0.15) is 0 Å². The van der Waals surface area contributed by atoms with Crippen LogP contribution in [0.3, 0.4) is 0 Å². The molecular formula is C12H9Cl2N3O2S. The predicted octanol–water partition coefficient (Wildman–Crippen LogP) is 2.81. The zero-order chi connectivity index (χ0) is 14.5. The van der Waals surface area contributed by atoms with Gasteiger partial charge < -0.3 is 10.3 Å². The number of nitrogens with one attached hydrogen (secondary N) is 2. The summed E-state index contributed by atoms with van der Waals surface area (Å²) in [6.07, 6.45) is 1.39. The van der Waals surface area contributed by atoms with Crippen molar-refractivity contribution < 1.29 is 4.79 Å². The van der Waals surface area contributed by atoms with Gasteiger partial charge in [0.2, 0.25) is 5.91 Å². The normalized spacial score (nSPS) is 10.3. The van der Waals surface area contributed by atoms with Crippen LogP contribution in [0.4, 0.5) is 5.69 Å². The molecule has 0 atom stereocenters. The molecule has 1 aromatic carbocycles. The van der Waals surface area contributed by atoms with Crippen molar-refractivity contribution in [2.45, 2.75) is 5.16 Å². The standard InChI is InChI=1S/C12H9Cl2N3O2S/c13-8-2-1-7(5-9(8)14)16-11(19)6-20-12-15-4-3-10(18)17-12/h1-5H,6H2,(H,16,19)(H,15,17,18). The number of H-pyrrole nitrogens is 1. The number of halogens is 2. The number of rotatable bonds is 4. The van der Waals surface area contributed by atoms with Crippen LogP contribution >= 0.6 is 35.0 Å². The molecule has 0 aliphatic rings. The average Bonchev–Trinajstić information content (AvgIpc) is 2.41. The third-order valence-electron chi connectivity index (χ3n) is 2.19. The van der Waals surface area contributed by atoms with Gasteiger partial charge in [0.05, 0.1) is 15.8 Å². The Morgan fingerprint density at radius 3 is 2.80 bits per heavy atom.